The Morgan fingerprint density at radius 1 is 1.30 bits per heavy atom. The van der Waals surface area contributed by atoms with Crippen LogP contribution in [0.4, 0.5) is 0 Å². The molecule has 2 aromatic rings. The van der Waals surface area contributed by atoms with E-state index in [1.54, 1.807) is 24.3 Å². The van der Waals surface area contributed by atoms with Gasteiger partial charge in [0.05, 0.1) is 0 Å². The molecule has 4 rings (SSSR count). The second-order valence-electron chi connectivity index (χ2n) is 6.08. The van der Waals surface area contributed by atoms with Gasteiger partial charge >= 0.3 is 0 Å². The fourth-order valence-electron chi connectivity index (χ4n) is 3.33. The zero-order valence-corrected chi connectivity index (χ0v) is 13.6. The van der Waals surface area contributed by atoms with Crippen LogP contribution in [0.15, 0.2) is 24.3 Å². The summed E-state index contributed by atoms with van der Waals surface area (Å²) in [4.78, 5) is 12.3. The second kappa shape index (κ2) is 5.90. The fraction of sp³-hybridized carbons (Fsp3) is 0.438. The summed E-state index contributed by atoms with van der Waals surface area (Å²) in [5, 5.41) is 15.9. The summed E-state index contributed by atoms with van der Waals surface area (Å²) in [6.07, 6.45) is 3.42. The highest BCUT2D eigenvalue weighted by atomic mass is 32.1. The van der Waals surface area contributed by atoms with E-state index in [0.717, 1.165) is 17.8 Å². The van der Waals surface area contributed by atoms with Crippen molar-refractivity contribution in [3.8, 4) is 10.9 Å². The van der Waals surface area contributed by atoms with Gasteiger partial charge in [-0.25, -0.2) is 0 Å². The Morgan fingerprint density at radius 2 is 2.13 bits per heavy atom. The number of nitrogens with one attached hydrogen (secondary N) is 2. The molecule has 3 unspecified atom stereocenters. The molecular formula is C16H18N4O2S. The van der Waals surface area contributed by atoms with Crippen molar-refractivity contribution in [1.82, 2.24) is 20.8 Å². The molecule has 7 heteroatoms. The Bertz CT molecular complexity index is 715. The molecular weight excluding hydrogens is 312 g/mol. The van der Waals surface area contributed by atoms with Gasteiger partial charge in [0.1, 0.15) is 10.8 Å². The zero-order chi connectivity index (χ0) is 15.8. The molecule has 0 saturated carbocycles. The third kappa shape index (κ3) is 3.07. The van der Waals surface area contributed by atoms with Crippen molar-refractivity contribution >= 4 is 17.2 Å². The predicted octanol–water partition coefficient (Wildman–Crippen LogP) is 2.26. The second-order valence-corrected chi connectivity index (χ2v) is 7.22. The first-order valence-electron chi connectivity index (χ1n) is 7.82. The molecule has 1 aromatic heterocycles. The molecule has 2 aliphatic heterocycles. The van der Waals surface area contributed by atoms with Gasteiger partial charge in [-0.3, -0.25) is 4.79 Å². The number of hydrogen-bond acceptors (Lipinski definition) is 6. The van der Waals surface area contributed by atoms with E-state index in [2.05, 4.69) is 20.8 Å². The molecule has 2 aliphatic rings. The number of carbonyl (C=O) groups excluding carboxylic acids is 1. The molecule has 6 nitrogen and oxygen atoms in total. The quantitative estimate of drug-likeness (QED) is 0.899. The minimum absolute atomic E-state index is 0.0253. The van der Waals surface area contributed by atoms with E-state index in [-0.39, 0.29) is 11.9 Å². The maximum atomic E-state index is 12.3. The van der Waals surface area contributed by atoms with Crippen LogP contribution in [0, 0.1) is 6.92 Å². The van der Waals surface area contributed by atoms with Gasteiger partial charge < -0.3 is 15.4 Å². The molecule has 120 valence electrons. The number of amides is 1. The number of aromatic nitrogens is 2. The Labute approximate surface area is 138 Å². The topological polar surface area (TPSA) is 76.1 Å². The average Bonchev–Trinajstić information content (AvgIpc) is 3.25. The summed E-state index contributed by atoms with van der Waals surface area (Å²) in [6.45, 7) is 1.88. The van der Waals surface area contributed by atoms with Gasteiger partial charge in [-0.1, -0.05) is 16.4 Å². The van der Waals surface area contributed by atoms with E-state index in [0.29, 0.717) is 28.6 Å². The van der Waals surface area contributed by atoms with Crippen LogP contribution in [0.5, 0.6) is 10.9 Å². The summed E-state index contributed by atoms with van der Waals surface area (Å²) in [7, 11) is 0. The van der Waals surface area contributed by atoms with Crippen LogP contribution >= 0.6 is 11.3 Å². The zero-order valence-electron chi connectivity index (χ0n) is 12.8. The molecule has 0 radical (unpaired) electrons. The predicted molar refractivity (Wildman–Crippen MR) is 87.0 cm³/mol. The average molecular weight is 330 g/mol. The maximum absolute atomic E-state index is 12.3. The minimum atomic E-state index is -0.0253. The molecule has 3 heterocycles. The van der Waals surface area contributed by atoms with Crippen molar-refractivity contribution < 1.29 is 9.53 Å². The molecule has 23 heavy (non-hydrogen) atoms. The third-order valence-corrected chi connectivity index (χ3v) is 5.16. The summed E-state index contributed by atoms with van der Waals surface area (Å²) in [5.41, 5.74) is 0.647. The lowest BCUT2D eigenvalue weighted by molar-refractivity contribution is 0.0931. The Balaban J connectivity index is 1.38. The first kappa shape index (κ1) is 14.6. The van der Waals surface area contributed by atoms with Crippen LogP contribution in [0.3, 0.4) is 0 Å². The number of nitrogens with zero attached hydrogens (tertiary/aromatic N) is 2. The van der Waals surface area contributed by atoms with Crippen molar-refractivity contribution in [3.05, 3.63) is 34.8 Å². The molecule has 1 amide bonds. The number of rotatable bonds is 4. The van der Waals surface area contributed by atoms with Gasteiger partial charge in [-0.2, -0.15) is 0 Å². The first-order valence-corrected chi connectivity index (χ1v) is 8.64. The van der Waals surface area contributed by atoms with Crippen LogP contribution in [-0.2, 0) is 0 Å². The van der Waals surface area contributed by atoms with Gasteiger partial charge in [-0.05, 0) is 50.5 Å². The Hall–Kier alpha value is -1.99. The maximum Gasteiger partial charge on any atom is 0.299 e. The van der Waals surface area contributed by atoms with Crippen molar-refractivity contribution in [2.24, 2.45) is 0 Å². The monoisotopic (exact) mass is 330 g/mol. The lowest BCUT2D eigenvalue weighted by Gasteiger charge is -2.21. The Morgan fingerprint density at radius 3 is 2.74 bits per heavy atom. The standard InChI is InChI=1S/C16H18N4O2S/c1-9-19-20-16(23-9)22-12-5-2-10(3-6-12)15(21)18-14-8-11-4-7-13(14)17-11/h2-3,5-6,11,13-14,17H,4,7-8H2,1H3,(H,18,21). The van der Waals surface area contributed by atoms with Crippen LogP contribution in [0.25, 0.3) is 0 Å². The smallest absolute Gasteiger partial charge is 0.299 e. The van der Waals surface area contributed by atoms with E-state index in [1.165, 1.54) is 17.8 Å². The van der Waals surface area contributed by atoms with E-state index in [9.17, 15) is 4.79 Å². The summed E-state index contributed by atoms with van der Waals surface area (Å²) in [6, 6.07) is 8.39. The molecule has 0 spiro atoms. The fourth-order valence-corrected chi connectivity index (χ4v) is 3.88. The molecule has 2 N–H and O–H groups in total. The van der Waals surface area contributed by atoms with Crippen LogP contribution in [0.1, 0.15) is 34.6 Å². The van der Waals surface area contributed by atoms with Crippen molar-refractivity contribution in [2.75, 3.05) is 0 Å². The van der Waals surface area contributed by atoms with E-state index in [1.807, 2.05) is 6.92 Å². The number of hydrogen-bond donors (Lipinski definition) is 2. The first-order chi connectivity index (χ1) is 11.2. The Kier molecular flexibility index (Phi) is 3.74. The highest BCUT2D eigenvalue weighted by Crippen LogP contribution is 2.28. The van der Waals surface area contributed by atoms with Gasteiger partial charge in [0, 0.05) is 23.7 Å². The third-order valence-electron chi connectivity index (χ3n) is 4.45. The summed E-state index contributed by atoms with van der Waals surface area (Å²) in [5.74, 6) is 0.627. The number of ether oxygens (including phenoxy) is 1. The largest absolute Gasteiger partial charge is 0.430 e. The number of fused-ring (bicyclic) bond motifs is 2. The number of aryl methyl sites for hydroxylation is 1. The molecule has 1 aromatic carbocycles. The molecule has 2 fully saturated rings. The van der Waals surface area contributed by atoms with Crippen LogP contribution in [-0.4, -0.2) is 34.2 Å². The van der Waals surface area contributed by atoms with E-state index in [4.69, 9.17) is 4.74 Å². The van der Waals surface area contributed by atoms with Gasteiger partial charge in [0.25, 0.3) is 11.1 Å². The highest BCUT2D eigenvalue weighted by Gasteiger charge is 2.39. The lowest BCUT2D eigenvalue weighted by atomic mass is 9.95. The highest BCUT2D eigenvalue weighted by molar-refractivity contribution is 7.13. The van der Waals surface area contributed by atoms with Crippen LogP contribution < -0.4 is 15.4 Å². The number of carbonyl (C=O) groups is 1. The molecule has 2 saturated heterocycles. The van der Waals surface area contributed by atoms with Crippen molar-refractivity contribution in [3.63, 3.8) is 0 Å². The molecule has 2 bridgehead atoms. The normalized spacial score (nSPS) is 25.5. The summed E-state index contributed by atoms with van der Waals surface area (Å²) >= 11 is 1.39. The van der Waals surface area contributed by atoms with E-state index >= 15 is 0 Å². The van der Waals surface area contributed by atoms with Crippen molar-refractivity contribution in [2.45, 2.75) is 44.3 Å². The SMILES string of the molecule is Cc1nnc(Oc2ccc(C(=O)NC3CC4CCC3N4)cc2)s1. The van der Waals surface area contributed by atoms with E-state index < -0.39 is 0 Å². The summed E-state index contributed by atoms with van der Waals surface area (Å²) < 4.78 is 5.61. The van der Waals surface area contributed by atoms with Crippen molar-refractivity contribution in [1.29, 1.82) is 0 Å². The minimum Gasteiger partial charge on any atom is -0.430 e. The number of benzene rings is 1. The van der Waals surface area contributed by atoms with Gasteiger partial charge in [0.2, 0.25) is 0 Å². The van der Waals surface area contributed by atoms with Gasteiger partial charge in [-0.15, -0.1) is 5.10 Å². The molecule has 0 aliphatic carbocycles. The van der Waals surface area contributed by atoms with Crippen LogP contribution in [0.2, 0.25) is 0 Å². The molecule has 3 atom stereocenters. The van der Waals surface area contributed by atoms with Gasteiger partial charge in [0.15, 0.2) is 0 Å². The lowest BCUT2D eigenvalue weighted by Crippen LogP contribution is -2.42.